The zero-order chi connectivity index (χ0) is 16.8. The first-order valence-electron chi connectivity index (χ1n) is 7.21. The first kappa shape index (κ1) is 20.7. The van der Waals surface area contributed by atoms with Gasteiger partial charge in [-0.1, -0.05) is 15.9 Å². The lowest BCUT2D eigenvalue weighted by Gasteiger charge is -2.11. The highest BCUT2D eigenvalue weighted by Crippen LogP contribution is 2.17. The first-order valence-corrected chi connectivity index (χ1v) is 8.00. The lowest BCUT2D eigenvalue weighted by Crippen LogP contribution is -2.22. The van der Waals surface area contributed by atoms with Crippen LogP contribution in [0.5, 0.6) is 5.75 Å². The van der Waals surface area contributed by atoms with Gasteiger partial charge in [0.05, 0.1) is 12.6 Å². The quantitative estimate of drug-likeness (QED) is 0.343. The normalized spacial score (nSPS) is 11.1. The van der Waals surface area contributed by atoms with Gasteiger partial charge in [0.1, 0.15) is 11.6 Å². The molecule has 0 aromatic heterocycles. The Labute approximate surface area is 166 Å². The predicted octanol–water partition coefficient (Wildman–Crippen LogP) is 4.92. The van der Waals surface area contributed by atoms with Gasteiger partial charge in [-0.15, -0.1) is 24.0 Å². The summed E-state index contributed by atoms with van der Waals surface area (Å²) in [7, 11) is 0. The second-order valence-electron chi connectivity index (χ2n) is 5.30. The largest absolute Gasteiger partial charge is 0.491 e. The monoisotopic (exact) mass is 507 g/mol. The van der Waals surface area contributed by atoms with Crippen molar-refractivity contribution in [1.29, 1.82) is 0 Å². The molecule has 0 aliphatic carbocycles. The Morgan fingerprint density at radius 2 is 1.92 bits per heavy atom. The van der Waals surface area contributed by atoms with Crippen LogP contribution < -0.4 is 15.8 Å². The van der Waals surface area contributed by atoms with Gasteiger partial charge < -0.3 is 15.8 Å². The van der Waals surface area contributed by atoms with Gasteiger partial charge in [0.25, 0.3) is 0 Å². The standard InChI is InChI=1S/C17H19BrFN3O.HI/c1-11(2)23-16-5-3-15(4-6-16)22-17(20)21-10-12-7-13(18)9-14(19)8-12;/h3-9,11H,10H2,1-2H3,(H3,20,21,22);1H. The number of nitrogens with one attached hydrogen (secondary N) is 1. The Balaban J connectivity index is 0.00000288. The number of benzene rings is 2. The predicted molar refractivity (Wildman–Crippen MR) is 111 cm³/mol. The van der Waals surface area contributed by atoms with Gasteiger partial charge in [-0.25, -0.2) is 9.38 Å². The van der Waals surface area contributed by atoms with Crippen molar-refractivity contribution in [2.75, 3.05) is 5.32 Å². The Hall–Kier alpha value is -1.35. The Bertz CT molecular complexity index is 672. The van der Waals surface area contributed by atoms with E-state index in [9.17, 15) is 4.39 Å². The maximum atomic E-state index is 13.3. The lowest BCUT2D eigenvalue weighted by atomic mass is 10.2. The molecule has 130 valence electrons. The van der Waals surface area contributed by atoms with Crippen LogP contribution in [0.2, 0.25) is 0 Å². The number of rotatable bonds is 5. The van der Waals surface area contributed by atoms with Crippen LogP contribution in [-0.4, -0.2) is 12.1 Å². The van der Waals surface area contributed by atoms with Crippen LogP contribution in [0.15, 0.2) is 51.9 Å². The first-order chi connectivity index (χ1) is 10.9. The zero-order valence-corrected chi connectivity index (χ0v) is 17.3. The van der Waals surface area contributed by atoms with Crippen LogP contribution in [0.3, 0.4) is 0 Å². The number of ether oxygens (including phenoxy) is 1. The Kier molecular flexibility index (Phi) is 8.47. The molecule has 0 aliphatic rings. The van der Waals surface area contributed by atoms with E-state index in [1.54, 1.807) is 6.07 Å². The summed E-state index contributed by atoms with van der Waals surface area (Å²) in [5.74, 6) is 0.755. The molecule has 2 aromatic carbocycles. The summed E-state index contributed by atoms with van der Waals surface area (Å²) in [5.41, 5.74) is 7.40. The van der Waals surface area contributed by atoms with Gasteiger partial charge in [0.15, 0.2) is 5.96 Å². The van der Waals surface area contributed by atoms with Crippen LogP contribution in [0.4, 0.5) is 10.1 Å². The molecular weight excluding hydrogens is 488 g/mol. The van der Waals surface area contributed by atoms with Crippen molar-refractivity contribution in [3.05, 3.63) is 58.3 Å². The fraction of sp³-hybridized carbons (Fsp3) is 0.235. The summed E-state index contributed by atoms with van der Waals surface area (Å²) in [5, 5.41) is 2.99. The van der Waals surface area contributed by atoms with Gasteiger partial charge in [-0.05, 0) is 61.9 Å². The summed E-state index contributed by atoms with van der Waals surface area (Å²) < 4.78 is 19.5. The summed E-state index contributed by atoms with van der Waals surface area (Å²) in [6, 6.07) is 12.1. The number of nitrogens with two attached hydrogens (primary N) is 1. The molecule has 0 heterocycles. The molecule has 0 saturated carbocycles. The molecule has 4 nitrogen and oxygen atoms in total. The number of hydrogen-bond acceptors (Lipinski definition) is 2. The molecule has 0 radical (unpaired) electrons. The SMILES string of the molecule is CC(C)Oc1ccc(NC(N)=NCc2cc(F)cc(Br)c2)cc1.I. The van der Waals surface area contributed by atoms with Crippen molar-refractivity contribution < 1.29 is 9.13 Å². The highest BCUT2D eigenvalue weighted by molar-refractivity contribution is 14.0. The summed E-state index contributed by atoms with van der Waals surface area (Å²) >= 11 is 3.25. The minimum Gasteiger partial charge on any atom is -0.491 e. The van der Waals surface area contributed by atoms with E-state index in [4.69, 9.17) is 10.5 Å². The Morgan fingerprint density at radius 3 is 2.50 bits per heavy atom. The van der Waals surface area contributed by atoms with Gasteiger partial charge in [-0.2, -0.15) is 0 Å². The van der Waals surface area contributed by atoms with E-state index < -0.39 is 0 Å². The van der Waals surface area contributed by atoms with Crippen LogP contribution in [0, 0.1) is 5.82 Å². The van der Waals surface area contributed by atoms with E-state index in [0.717, 1.165) is 17.0 Å². The maximum absolute atomic E-state index is 13.3. The summed E-state index contributed by atoms with van der Waals surface area (Å²) in [4.78, 5) is 4.21. The third kappa shape index (κ3) is 7.04. The fourth-order valence-electron chi connectivity index (χ4n) is 1.96. The molecule has 0 amide bonds. The minimum atomic E-state index is -0.308. The van der Waals surface area contributed by atoms with E-state index in [0.29, 0.717) is 11.0 Å². The van der Waals surface area contributed by atoms with Gasteiger partial charge >= 0.3 is 0 Å². The van der Waals surface area contributed by atoms with Crippen molar-refractivity contribution in [3.8, 4) is 5.75 Å². The molecule has 24 heavy (non-hydrogen) atoms. The number of anilines is 1. The van der Waals surface area contributed by atoms with Gasteiger partial charge in [0.2, 0.25) is 0 Å². The summed E-state index contributed by atoms with van der Waals surface area (Å²) in [6.07, 6.45) is 0.131. The number of guanidine groups is 1. The third-order valence-electron chi connectivity index (χ3n) is 2.85. The number of aliphatic imine (C=N–C) groups is 1. The highest BCUT2D eigenvalue weighted by Gasteiger charge is 2.01. The zero-order valence-electron chi connectivity index (χ0n) is 13.4. The van der Waals surface area contributed by atoms with E-state index >= 15 is 0 Å². The van der Waals surface area contributed by atoms with Crippen molar-refractivity contribution in [2.45, 2.75) is 26.5 Å². The maximum Gasteiger partial charge on any atom is 0.193 e. The molecule has 0 unspecified atom stereocenters. The lowest BCUT2D eigenvalue weighted by molar-refractivity contribution is 0.242. The van der Waals surface area contributed by atoms with E-state index in [-0.39, 0.29) is 41.9 Å². The molecule has 3 N–H and O–H groups in total. The van der Waals surface area contributed by atoms with Crippen LogP contribution in [-0.2, 0) is 6.54 Å². The molecule has 0 spiro atoms. The molecule has 2 rings (SSSR count). The second kappa shape index (κ2) is 9.83. The van der Waals surface area contributed by atoms with E-state index in [1.165, 1.54) is 12.1 Å². The van der Waals surface area contributed by atoms with Crippen LogP contribution >= 0.6 is 39.9 Å². The van der Waals surface area contributed by atoms with Gasteiger partial charge in [-0.3, -0.25) is 0 Å². The fourth-order valence-corrected chi connectivity index (χ4v) is 2.47. The molecule has 0 atom stereocenters. The topological polar surface area (TPSA) is 59.6 Å². The highest BCUT2D eigenvalue weighted by atomic mass is 127. The molecule has 0 bridgehead atoms. The average molecular weight is 508 g/mol. The number of hydrogen-bond donors (Lipinski definition) is 2. The average Bonchev–Trinajstić information content (AvgIpc) is 2.46. The molecule has 0 fully saturated rings. The molecule has 7 heteroatoms. The molecule has 0 aliphatic heterocycles. The van der Waals surface area contributed by atoms with Crippen molar-refractivity contribution in [3.63, 3.8) is 0 Å². The second-order valence-corrected chi connectivity index (χ2v) is 6.21. The summed E-state index contributed by atoms with van der Waals surface area (Å²) in [6.45, 7) is 4.24. The van der Waals surface area contributed by atoms with E-state index in [1.807, 2.05) is 38.1 Å². The van der Waals surface area contributed by atoms with E-state index in [2.05, 4.69) is 26.2 Å². The van der Waals surface area contributed by atoms with Crippen molar-refractivity contribution in [1.82, 2.24) is 0 Å². The van der Waals surface area contributed by atoms with Crippen LogP contribution in [0.1, 0.15) is 19.4 Å². The van der Waals surface area contributed by atoms with Gasteiger partial charge in [0, 0.05) is 10.2 Å². The minimum absolute atomic E-state index is 0. The Morgan fingerprint density at radius 1 is 1.25 bits per heavy atom. The third-order valence-corrected chi connectivity index (χ3v) is 3.31. The molecule has 0 saturated heterocycles. The molecule has 2 aromatic rings. The molecular formula is C17H20BrFIN3O. The van der Waals surface area contributed by atoms with Crippen molar-refractivity contribution in [2.24, 2.45) is 10.7 Å². The smallest absolute Gasteiger partial charge is 0.193 e. The number of nitrogens with zero attached hydrogens (tertiary/aromatic N) is 1. The van der Waals surface area contributed by atoms with Crippen LogP contribution in [0.25, 0.3) is 0 Å². The van der Waals surface area contributed by atoms with Crippen molar-refractivity contribution >= 4 is 51.6 Å². The number of halogens is 3.